The van der Waals surface area contributed by atoms with Crippen LogP contribution >= 0.6 is 15.9 Å². The van der Waals surface area contributed by atoms with E-state index in [1.807, 2.05) is 4.90 Å². The van der Waals surface area contributed by atoms with Gasteiger partial charge in [-0.25, -0.2) is 4.39 Å². The van der Waals surface area contributed by atoms with Gasteiger partial charge in [0.2, 0.25) is 11.8 Å². The summed E-state index contributed by atoms with van der Waals surface area (Å²) >= 11 is 3.12. The second-order valence-electron chi connectivity index (χ2n) is 6.50. The van der Waals surface area contributed by atoms with Crippen molar-refractivity contribution in [3.63, 3.8) is 0 Å². The molecule has 8 nitrogen and oxygen atoms in total. The Bertz CT molecular complexity index is 879. The molecule has 1 fully saturated rings. The van der Waals surface area contributed by atoms with E-state index in [9.17, 15) is 18.8 Å². The lowest BCUT2D eigenvalue weighted by atomic mass is 10.3. The maximum Gasteiger partial charge on any atom is 0.287 e. The van der Waals surface area contributed by atoms with Crippen molar-refractivity contribution in [3.8, 4) is 0 Å². The Labute approximate surface area is 175 Å². The van der Waals surface area contributed by atoms with Gasteiger partial charge in [-0.3, -0.25) is 19.3 Å². The molecule has 0 saturated carbocycles. The summed E-state index contributed by atoms with van der Waals surface area (Å²) in [4.78, 5) is 39.9. The maximum absolute atomic E-state index is 12.9. The summed E-state index contributed by atoms with van der Waals surface area (Å²) in [5, 5.41) is 5.25. The van der Waals surface area contributed by atoms with Gasteiger partial charge >= 0.3 is 0 Å². The number of amides is 3. The van der Waals surface area contributed by atoms with Gasteiger partial charge in [0.1, 0.15) is 5.82 Å². The quantitative estimate of drug-likeness (QED) is 0.675. The molecule has 1 aliphatic rings. The third-order valence-electron chi connectivity index (χ3n) is 4.42. The Kier molecular flexibility index (Phi) is 6.99. The summed E-state index contributed by atoms with van der Waals surface area (Å²) in [6.45, 7) is 2.07. The fourth-order valence-electron chi connectivity index (χ4n) is 2.88. The molecule has 10 heteroatoms. The molecular weight excluding hydrogens is 447 g/mol. The van der Waals surface area contributed by atoms with Crippen molar-refractivity contribution in [3.05, 3.63) is 52.6 Å². The number of rotatable bonds is 6. The van der Waals surface area contributed by atoms with Crippen LogP contribution in [0.15, 0.2) is 45.5 Å². The molecule has 2 heterocycles. The molecule has 2 aromatic rings. The number of carbonyl (C=O) groups is 3. The van der Waals surface area contributed by atoms with Crippen molar-refractivity contribution in [2.75, 3.05) is 44.6 Å². The molecule has 154 valence electrons. The molecule has 0 atom stereocenters. The Morgan fingerprint density at radius 3 is 2.34 bits per heavy atom. The molecule has 1 aromatic carbocycles. The molecule has 2 N–H and O–H groups in total. The largest absolute Gasteiger partial charge is 0.444 e. The molecule has 3 rings (SSSR count). The van der Waals surface area contributed by atoms with Crippen molar-refractivity contribution in [2.45, 2.75) is 0 Å². The number of carbonyl (C=O) groups excluding carboxylic acids is 3. The minimum Gasteiger partial charge on any atom is -0.444 e. The summed E-state index contributed by atoms with van der Waals surface area (Å²) in [6, 6.07) is 8.67. The highest BCUT2D eigenvalue weighted by atomic mass is 79.9. The Balaban J connectivity index is 1.38. The summed E-state index contributed by atoms with van der Waals surface area (Å²) in [5.41, 5.74) is 0.532. The predicted octanol–water partition coefficient (Wildman–Crippen LogP) is 1.69. The normalized spacial score (nSPS) is 14.5. The average molecular weight is 467 g/mol. The highest BCUT2D eigenvalue weighted by Gasteiger charge is 2.23. The first-order valence-electron chi connectivity index (χ1n) is 9.00. The fraction of sp³-hybridized carbons (Fsp3) is 0.316. The van der Waals surface area contributed by atoms with Gasteiger partial charge in [-0.05, 0) is 52.3 Å². The number of nitrogens with one attached hydrogen (secondary N) is 2. The van der Waals surface area contributed by atoms with Crippen molar-refractivity contribution < 1.29 is 23.2 Å². The first-order valence-corrected chi connectivity index (χ1v) is 9.79. The standard InChI is InChI=1S/C19H20BrFN4O4/c20-16-6-5-15(29-16)19(28)22-11-18(27)25-9-7-24(8-10-25)12-17(26)23-14-3-1-13(21)2-4-14/h1-6H,7-12H2,(H,22,28)(H,23,26). The number of anilines is 1. The molecule has 1 saturated heterocycles. The van der Waals surface area contributed by atoms with Crippen LogP contribution in [-0.2, 0) is 9.59 Å². The third-order valence-corrected chi connectivity index (χ3v) is 4.84. The lowest BCUT2D eigenvalue weighted by Gasteiger charge is -2.34. The highest BCUT2D eigenvalue weighted by Crippen LogP contribution is 2.13. The zero-order chi connectivity index (χ0) is 20.8. The van der Waals surface area contributed by atoms with Crippen LogP contribution in [-0.4, -0.2) is 66.8 Å². The van der Waals surface area contributed by atoms with E-state index in [0.29, 0.717) is 36.5 Å². The van der Waals surface area contributed by atoms with Crippen molar-refractivity contribution >= 4 is 39.3 Å². The molecule has 1 aromatic heterocycles. The van der Waals surface area contributed by atoms with E-state index < -0.39 is 5.91 Å². The minimum absolute atomic E-state index is 0.123. The SMILES string of the molecule is O=C(CN1CCN(C(=O)CNC(=O)c2ccc(Br)o2)CC1)Nc1ccc(F)cc1. The molecule has 3 amide bonds. The van der Waals surface area contributed by atoms with Crippen LogP contribution in [0, 0.1) is 5.82 Å². The van der Waals surface area contributed by atoms with E-state index in [1.165, 1.54) is 30.3 Å². The number of benzene rings is 1. The number of nitrogens with zero attached hydrogens (tertiary/aromatic N) is 2. The fourth-order valence-corrected chi connectivity index (χ4v) is 3.19. The topological polar surface area (TPSA) is 94.9 Å². The maximum atomic E-state index is 12.9. The Morgan fingerprint density at radius 1 is 1.03 bits per heavy atom. The van der Waals surface area contributed by atoms with Gasteiger partial charge in [0, 0.05) is 31.9 Å². The van der Waals surface area contributed by atoms with Crippen LogP contribution in [0.25, 0.3) is 0 Å². The number of piperazine rings is 1. The van der Waals surface area contributed by atoms with Crippen molar-refractivity contribution in [1.29, 1.82) is 0 Å². The van der Waals surface area contributed by atoms with Crippen LogP contribution in [0.5, 0.6) is 0 Å². The molecule has 0 bridgehead atoms. The van der Waals surface area contributed by atoms with Gasteiger partial charge in [-0.15, -0.1) is 0 Å². The second kappa shape index (κ2) is 9.66. The molecule has 0 unspecified atom stereocenters. The number of furan rings is 1. The van der Waals surface area contributed by atoms with E-state index in [4.69, 9.17) is 4.42 Å². The average Bonchev–Trinajstić information content (AvgIpc) is 3.14. The molecule has 0 aliphatic carbocycles. The van der Waals surface area contributed by atoms with Gasteiger partial charge in [0.05, 0.1) is 13.1 Å². The lowest BCUT2D eigenvalue weighted by Crippen LogP contribution is -2.52. The second-order valence-corrected chi connectivity index (χ2v) is 7.28. The Morgan fingerprint density at radius 2 is 1.72 bits per heavy atom. The third kappa shape index (κ3) is 6.13. The van der Waals surface area contributed by atoms with E-state index in [1.54, 1.807) is 11.0 Å². The van der Waals surface area contributed by atoms with E-state index in [-0.39, 0.29) is 36.5 Å². The Hall–Kier alpha value is -2.72. The molecular formula is C19H20BrFN4O4. The van der Waals surface area contributed by atoms with Gasteiger partial charge in [0.25, 0.3) is 5.91 Å². The van der Waals surface area contributed by atoms with E-state index >= 15 is 0 Å². The minimum atomic E-state index is -0.458. The first-order chi connectivity index (χ1) is 13.9. The summed E-state index contributed by atoms with van der Waals surface area (Å²) in [6.07, 6.45) is 0. The molecule has 29 heavy (non-hydrogen) atoms. The number of hydrogen-bond donors (Lipinski definition) is 2. The zero-order valence-electron chi connectivity index (χ0n) is 15.5. The molecule has 1 aliphatic heterocycles. The predicted molar refractivity (Wildman–Crippen MR) is 107 cm³/mol. The summed E-state index contributed by atoms with van der Waals surface area (Å²) in [7, 11) is 0. The van der Waals surface area contributed by atoms with Crippen LogP contribution in [0.3, 0.4) is 0 Å². The number of halogens is 2. The smallest absolute Gasteiger partial charge is 0.287 e. The lowest BCUT2D eigenvalue weighted by molar-refractivity contribution is -0.132. The first kappa shape index (κ1) is 21.0. The van der Waals surface area contributed by atoms with E-state index in [0.717, 1.165) is 0 Å². The van der Waals surface area contributed by atoms with Crippen LogP contribution in [0.4, 0.5) is 10.1 Å². The zero-order valence-corrected chi connectivity index (χ0v) is 17.1. The van der Waals surface area contributed by atoms with E-state index in [2.05, 4.69) is 26.6 Å². The summed E-state index contributed by atoms with van der Waals surface area (Å²) < 4.78 is 18.5. The van der Waals surface area contributed by atoms with Gasteiger partial charge in [0.15, 0.2) is 10.4 Å². The molecule has 0 spiro atoms. The van der Waals surface area contributed by atoms with Crippen molar-refractivity contribution in [2.24, 2.45) is 0 Å². The van der Waals surface area contributed by atoms with Gasteiger partial charge in [-0.1, -0.05) is 0 Å². The van der Waals surface area contributed by atoms with Gasteiger partial charge < -0.3 is 20.0 Å². The van der Waals surface area contributed by atoms with Crippen LogP contribution in [0.2, 0.25) is 0 Å². The molecule has 0 radical (unpaired) electrons. The van der Waals surface area contributed by atoms with Crippen LogP contribution < -0.4 is 10.6 Å². The number of hydrogen-bond acceptors (Lipinski definition) is 5. The summed E-state index contributed by atoms with van der Waals surface area (Å²) in [5.74, 6) is -1.09. The van der Waals surface area contributed by atoms with Gasteiger partial charge in [-0.2, -0.15) is 0 Å². The van der Waals surface area contributed by atoms with Crippen LogP contribution in [0.1, 0.15) is 10.6 Å². The monoisotopic (exact) mass is 466 g/mol. The van der Waals surface area contributed by atoms with Crippen molar-refractivity contribution in [1.82, 2.24) is 15.1 Å². The highest BCUT2D eigenvalue weighted by molar-refractivity contribution is 9.10.